The number of aromatic hydroxyl groups is 1. The van der Waals surface area contributed by atoms with Crippen LogP contribution in [0.25, 0.3) is 22.3 Å². The van der Waals surface area contributed by atoms with Crippen molar-refractivity contribution in [3.8, 4) is 40.1 Å². The minimum atomic E-state index is -4.43. The lowest BCUT2D eigenvalue weighted by atomic mass is 10.1. The maximum Gasteiger partial charge on any atom is 0.339 e. The van der Waals surface area contributed by atoms with Crippen molar-refractivity contribution in [1.29, 1.82) is 0 Å². The van der Waals surface area contributed by atoms with Gasteiger partial charge in [-0.3, -0.25) is 4.79 Å². The highest BCUT2D eigenvalue weighted by molar-refractivity contribution is 7.87. The van der Waals surface area contributed by atoms with E-state index in [-0.39, 0.29) is 33.1 Å². The topological polar surface area (TPSA) is 121 Å². The Kier molecular flexibility index (Phi) is 6.31. The van der Waals surface area contributed by atoms with Gasteiger partial charge in [0, 0.05) is 11.6 Å². The summed E-state index contributed by atoms with van der Waals surface area (Å²) in [5, 5.41) is 10.4. The molecule has 0 aliphatic carbocycles. The molecule has 0 fully saturated rings. The first kappa shape index (κ1) is 24.0. The van der Waals surface area contributed by atoms with Crippen LogP contribution in [-0.4, -0.2) is 34.9 Å². The van der Waals surface area contributed by atoms with Crippen LogP contribution in [0.5, 0.6) is 28.7 Å². The van der Waals surface area contributed by atoms with Crippen molar-refractivity contribution in [2.45, 2.75) is 11.8 Å². The van der Waals surface area contributed by atoms with Gasteiger partial charge in [-0.15, -0.1) is 0 Å². The molecule has 182 valence electrons. The van der Waals surface area contributed by atoms with Crippen molar-refractivity contribution in [2.24, 2.45) is 0 Å². The second kappa shape index (κ2) is 9.22. The summed E-state index contributed by atoms with van der Waals surface area (Å²) < 4.78 is 52.8. The van der Waals surface area contributed by atoms with Crippen molar-refractivity contribution in [1.82, 2.24) is 0 Å². The van der Waals surface area contributed by atoms with Crippen LogP contribution in [0.15, 0.2) is 68.7 Å². The van der Waals surface area contributed by atoms with Gasteiger partial charge < -0.3 is 27.9 Å². The molecule has 9 nitrogen and oxygen atoms in total. The second-order valence-electron chi connectivity index (χ2n) is 7.50. The van der Waals surface area contributed by atoms with Gasteiger partial charge in [0.05, 0.1) is 21.3 Å². The van der Waals surface area contributed by atoms with Gasteiger partial charge in [-0.05, 0) is 43.3 Å². The number of hydrogen-bond acceptors (Lipinski definition) is 9. The fourth-order valence-electron chi connectivity index (χ4n) is 3.49. The molecule has 0 saturated heterocycles. The van der Waals surface area contributed by atoms with Gasteiger partial charge in [0.25, 0.3) is 0 Å². The van der Waals surface area contributed by atoms with Gasteiger partial charge in [0.2, 0.25) is 22.7 Å². The molecule has 1 aromatic heterocycles. The first-order valence-corrected chi connectivity index (χ1v) is 11.7. The zero-order valence-electron chi connectivity index (χ0n) is 19.3. The molecule has 0 aliphatic rings. The smallest absolute Gasteiger partial charge is 0.339 e. The van der Waals surface area contributed by atoms with E-state index in [1.54, 1.807) is 43.3 Å². The quantitative estimate of drug-likeness (QED) is 0.372. The number of benzene rings is 3. The Bertz CT molecular complexity index is 1550. The summed E-state index contributed by atoms with van der Waals surface area (Å²) in [6.45, 7) is 1.80. The Morgan fingerprint density at radius 1 is 0.857 bits per heavy atom. The van der Waals surface area contributed by atoms with Gasteiger partial charge in [-0.25, -0.2) is 0 Å². The van der Waals surface area contributed by atoms with Crippen molar-refractivity contribution >= 4 is 21.1 Å². The summed E-state index contributed by atoms with van der Waals surface area (Å²) >= 11 is 0. The molecule has 4 rings (SSSR count). The summed E-state index contributed by atoms with van der Waals surface area (Å²) in [4.78, 5) is 13.3. The Labute approximate surface area is 201 Å². The fraction of sp³-hybridized carbons (Fsp3) is 0.160. The zero-order chi connectivity index (χ0) is 25.3. The average molecular weight is 499 g/mol. The SMILES string of the molecule is COc1ccc(-c2oc3cc(OC)c(O)c(OS(=O)(=O)c4ccc(C)cc4)c3c(=O)c2OC)cc1. The summed E-state index contributed by atoms with van der Waals surface area (Å²) in [6.07, 6.45) is 0. The monoisotopic (exact) mass is 498 g/mol. The molecule has 0 atom stereocenters. The van der Waals surface area contributed by atoms with E-state index in [1.165, 1.54) is 39.5 Å². The molecular formula is C25H22O9S. The highest BCUT2D eigenvalue weighted by Crippen LogP contribution is 2.45. The largest absolute Gasteiger partial charge is 0.502 e. The van der Waals surface area contributed by atoms with Crippen LogP contribution in [0, 0.1) is 6.92 Å². The van der Waals surface area contributed by atoms with Crippen LogP contribution >= 0.6 is 0 Å². The van der Waals surface area contributed by atoms with Crippen LogP contribution in [0.1, 0.15) is 5.56 Å². The first-order valence-electron chi connectivity index (χ1n) is 10.3. The van der Waals surface area contributed by atoms with E-state index < -0.39 is 27.0 Å². The first-order chi connectivity index (χ1) is 16.7. The third kappa shape index (κ3) is 4.35. The van der Waals surface area contributed by atoms with Crippen LogP contribution in [0.3, 0.4) is 0 Å². The molecule has 1 heterocycles. The van der Waals surface area contributed by atoms with Crippen molar-refractivity contribution in [3.05, 3.63) is 70.4 Å². The molecule has 0 aliphatic heterocycles. The standard InChI is InChI=1S/C25H22O9S/c1-14-5-11-17(12-6-14)35(28,29)34-24-20-18(13-19(31-3)21(24)26)33-23(25(32-4)22(20)27)15-7-9-16(30-2)10-8-15/h5-13,26H,1-4H3. The molecule has 0 radical (unpaired) electrons. The summed E-state index contributed by atoms with van der Waals surface area (Å²) in [7, 11) is -0.357. The minimum absolute atomic E-state index is 0.0784. The van der Waals surface area contributed by atoms with Crippen LogP contribution in [-0.2, 0) is 10.1 Å². The van der Waals surface area contributed by atoms with Gasteiger partial charge in [0.1, 0.15) is 21.6 Å². The zero-order valence-corrected chi connectivity index (χ0v) is 20.1. The number of ether oxygens (including phenoxy) is 3. The molecule has 10 heteroatoms. The van der Waals surface area contributed by atoms with E-state index >= 15 is 0 Å². The van der Waals surface area contributed by atoms with Crippen molar-refractivity contribution < 1.29 is 36.3 Å². The Hall–Kier alpha value is -4.18. The van der Waals surface area contributed by atoms with Gasteiger partial charge >= 0.3 is 10.1 Å². The van der Waals surface area contributed by atoms with E-state index in [1.807, 2.05) is 0 Å². The third-order valence-electron chi connectivity index (χ3n) is 5.31. The van der Waals surface area contributed by atoms with E-state index in [0.717, 1.165) is 5.56 Å². The molecule has 3 aromatic carbocycles. The van der Waals surface area contributed by atoms with Crippen molar-refractivity contribution in [3.63, 3.8) is 0 Å². The van der Waals surface area contributed by atoms with E-state index in [9.17, 15) is 18.3 Å². The van der Waals surface area contributed by atoms with Crippen LogP contribution < -0.4 is 23.8 Å². The molecule has 4 aromatic rings. The predicted octanol–water partition coefficient (Wildman–Crippen LogP) is 4.27. The minimum Gasteiger partial charge on any atom is -0.502 e. The molecule has 0 bridgehead atoms. The lowest BCUT2D eigenvalue weighted by Crippen LogP contribution is -2.14. The summed E-state index contributed by atoms with van der Waals surface area (Å²) in [6, 6.07) is 13.9. The number of methoxy groups -OCH3 is 3. The summed E-state index contributed by atoms with van der Waals surface area (Å²) in [5.41, 5.74) is 0.524. The number of aryl methyl sites for hydroxylation is 1. The molecule has 1 N–H and O–H groups in total. The van der Waals surface area contributed by atoms with Crippen LogP contribution in [0.2, 0.25) is 0 Å². The van der Waals surface area contributed by atoms with E-state index in [2.05, 4.69) is 0 Å². The highest BCUT2D eigenvalue weighted by atomic mass is 32.2. The number of hydrogen-bond donors (Lipinski definition) is 1. The van der Waals surface area contributed by atoms with Gasteiger partial charge in [0.15, 0.2) is 11.5 Å². The maximum atomic E-state index is 13.5. The normalized spacial score (nSPS) is 11.3. The Balaban J connectivity index is 1.98. The summed E-state index contributed by atoms with van der Waals surface area (Å²) in [5.74, 6) is -0.979. The highest BCUT2D eigenvalue weighted by Gasteiger charge is 2.28. The fourth-order valence-corrected chi connectivity index (χ4v) is 4.43. The maximum absolute atomic E-state index is 13.5. The molecule has 0 amide bonds. The van der Waals surface area contributed by atoms with E-state index in [0.29, 0.717) is 11.3 Å². The molecule has 35 heavy (non-hydrogen) atoms. The number of phenols is 1. The number of rotatable bonds is 7. The Morgan fingerprint density at radius 2 is 1.51 bits per heavy atom. The lowest BCUT2D eigenvalue weighted by Gasteiger charge is -2.15. The van der Waals surface area contributed by atoms with Crippen LogP contribution in [0.4, 0.5) is 0 Å². The number of fused-ring (bicyclic) bond motifs is 1. The molecular weight excluding hydrogens is 476 g/mol. The third-order valence-corrected chi connectivity index (χ3v) is 6.55. The van der Waals surface area contributed by atoms with Crippen molar-refractivity contribution in [2.75, 3.05) is 21.3 Å². The second-order valence-corrected chi connectivity index (χ2v) is 9.05. The Morgan fingerprint density at radius 3 is 2.09 bits per heavy atom. The van der Waals surface area contributed by atoms with Gasteiger partial charge in [-0.1, -0.05) is 17.7 Å². The molecule has 0 spiro atoms. The molecule has 0 saturated carbocycles. The number of phenolic OH excluding ortho intramolecular Hbond substituents is 1. The average Bonchev–Trinajstić information content (AvgIpc) is 2.85. The van der Waals surface area contributed by atoms with E-state index in [4.69, 9.17) is 22.8 Å². The predicted molar refractivity (Wildman–Crippen MR) is 128 cm³/mol. The lowest BCUT2D eigenvalue weighted by molar-refractivity contribution is 0.361. The molecule has 0 unspecified atom stereocenters. The van der Waals surface area contributed by atoms with Gasteiger partial charge in [-0.2, -0.15) is 8.42 Å².